The van der Waals surface area contributed by atoms with Gasteiger partial charge in [0.1, 0.15) is 0 Å². The molecule has 0 N–H and O–H groups in total. The fraction of sp³-hybridized carbons (Fsp3) is 0.429. The van der Waals surface area contributed by atoms with Crippen molar-refractivity contribution in [2.75, 3.05) is 36.0 Å². The van der Waals surface area contributed by atoms with Crippen molar-refractivity contribution in [1.29, 1.82) is 0 Å². The monoisotopic (exact) mass is 467 g/mol. The number of fused-ring (bicyclic) bond motifs is 3. The molecule has 0 fully saturated rings. The number of benzene rings is 2. The van der Waals surface area contributed by atoms with Crippen molar-refractivity contribution in [2.45, 2.75) is 34.1 Å². The minimum Gasteiger partial charge on any atom is -1.00 e. The van der Waals surface area contributed by atoms with Gasteiger partial charge in [0.25, 0.3) is 0 Å². The summed E-state index contributed by atoms with van der Waals surface area (Å²) in [6.45, 7) is 13.0. The number of hydrogen-bond acceptors (Lipinski definition) is 2. The average molecular weight is 470 g/mol. The summed E-state index contributed by atoms with van der Waals surface area (Å²) in [5, 5.41) is 0. The van der Waals surface area contributed by atoms with Crippen LogP contribution in [0.15, 0.2) is 30.3 Å². The number of nitrogens with zero attached hydrogens (tertiary/aromatic N) is 2. The zero-order chi connectivity index (χ0) is 16.4. The molecule has 0 aromatic heterocycles. The predicted octanol–water partition coefficient (Wildman–Crippen LogP) is -1.24. The summed E-state index contributed by atoms with van der Waals surface area (Å²) in [6.07, 6.45) is 1.01. The third-order valence-corrected chi connectivity index (χ3v) is 4.99. The molecule has 0 amide bonds. The van der Waals surface area contributed by atoms with Gasteiger partial charge < -0.3 is 34.6 Å². The van der Waals surface area contributed by atoms with Crippen LogP contribution in [0, 0.1) is 6.07 Å². The zero-order valence-corrected chi connectivity index (χ0v) is 20.0. The Bertz CT molecular complexity index is 639. The van der Waals surface area contributed by atoms with E-state index in [1.54, 1.807) is 0 Å². The molecule has 1 radical (unpaired) electrons. The first kappa shape index (κ1) is 25.5. The third-order valence-electron chi connectivity index (χ3n) is 4.99. The molecular weight excluding hydrogens is 442 g/mol. The molecule has 0 bridgehead atoms. The second-order valence-electron chi connectivity index (χ2n) is 6.10. The molecule has 0 heterocycles. The molecule has 1 aliphatic carbocycles. The van der Waals surface area contributed by atoms with Crippen LogP contribution in [-0.4, -0.2) is 26.2 Å². The maximum Gasteiger partial charge on any atom is 3.00 e. The molecule has 0 spiro atoms. The van der Waals surface area contributed by atoms with Crippen molar-refractivity contribution in [3.8, 4) is 11.1 Å². The van der Waals surface area contributed by atoms with Crippen LogP contribution in [0.4, 0.5) is 11.4 Å². The fourth-order valence-electron chi connectivity index (χ4n) is 3.63. The SMILES string of the molecule is CCN(CC)c1[c-]c2c(cc1)-c1ccc(N(CC)CC)cc1C2.[Cl-].[Cl-].[Zr+3]. The summed E-state index contributed by atoms with van der Waals surface area (Å²) in [6, 6.07) is 15.1. The third kappa shape index (κ3) is 4.86. The first-order chi connectivity index (χ1) is 11.2. The molecule has 2 aromatic rings. The summed E-state index contributed by atoms with van der Waals surface area (Å²) >= 11 is 0. The van der Waals surface area contributed by atoms with Crippen LogP contribution in [-0.2, 0) is 32.6 Å². The van der Waals surface area contributed by atoms with Crippen LogP contribution >= 0.6 is 0 Å². The topological polar surface area (TPSA) is 6.48 Å². The Morgan fingerprint density at radius 1 is 0.808 bits per heavy atom. The van der Waals surface area contributed by atoms with Crippen molar-refractivity contribution in [3.63, 3.8) is 0 Å². The van der Waals surface area contributed by atoms with E-state index in [1.165, 1.54) is 33.6 Å². The molecule has 0 aliphatic heterocycles. The molecule has 0 atom stereocenters. The summed E-state index contributed by atoms with van der Waals surface area (Å²) in [7, 11) is 0. The number of anilines is 2. The molecule has 139 valence electrons. The number of rotatable bonds is 6. The van der Waals surface area contributed by atoms with Crippen LogP contribution in [0.3, 0.4) is 0 Å². The van der Waals surface area contributed by atoms with E-state index in [4.69, 9.17) is 0 Å². The molecular formula is C21H27Cl2N2Zr. The quantitative estimate of drug-likeness (QED) is 0.417. The first-order valence-corrected chi connectivity index (χ1v) is 8.90. The van der Waals surface area contributed by atoms with Crippen molar-refractivity contribution < 1.29 is 51.0 Å². The van der Waals surface area contributed by atoms with E-state index in [0.717, 1.165) is 32.6 Å². The Morgan fingerprint density at radius 2 is 1.38 bits per heavy atom. The molecule has 0 saturated carbocycles. The van der Waals surface area contributed by atoms with Crippen LogP contribution in [0.2, 0.25) is 0 Å². The molecule has 1 aliphatic rings. The van der Waals surface area contributed by atoms with Gasteiger partial charge in [0.05, 0.1) is 0 Å². The van der Waals surface area contributed by atoms with Gasteiger partial charge in [0.2, 0.25) is 0 Å². The Labute approximate surface area is 190 Å². The molecule has 3 rings (SSSR count). The fourth-order valence-corrected chi connectivity index (χ4v) is 3.63. The van der Waals surface area contributed by atoms with E-state index in [0.29, 0.717) is 0 Å². The van der Waals surface area contributed by atoms with Gasteiger partial charge in [-0.1, -0.05) is 17.3 Å². The Balaban J connectivity index is 0.00000208. The summed E-state index contributed by atoms with van der Waals surface area (Å²) in [5.41, 5.74) is 8.11. The molecule has 5 heteroatoms. The summed E-state index contributed by atoms with van der Waals surface area (Å²) in [4.78, 5) is 4.78. The van der Waals surface area contributed by atoms with Crippen LogP contribution in [0.5, 0.6) is 0 Å². The average Bonchev–Trinajstić information content (AvgIpc) is 2.94. The number of hydrogen-bond donors (Lipinski definition) is 0. The molecule has 2 nitrogen and oxygen atoms in total. The Kier molecular flexibility index (Phi) is 11.2. The smallest absolute Gasteiger partial charge is 1.00 e. The van der Waals surface area contributed by atoms with Gasteiger partial charge in [-0.05, 0) is 51.8 Å². The van der Waals surface area contributed by atoms with Gasteiger partial charge in [-0.15, -0.1) is 17.2 Å². The van der Waals surface area contributed by atoms with Crippen LogP contribution in [0.25, 0.3) is 11.1 Å². The van der Waals surface area contributed by atoms with Gasteiger partial charge in [0, 0.05) is 31.9 Å². The first-order valence-electron chi connectivity index (χ1n) is 8.90. The van der Waals surface area contributed by atoms with Gasteiger partial charge in [-0.3, -0.25) is 0 Å². The predicted molar refractivity (Wildman–Crippen MR) is 101 cm³/mol. The van der Waals surface area contributed by atoms with E-state index in [1.807, 2.05) is 0 Å². The maximum absolute atomic E-state index is 3.66. The molecule has 0 unspecified atom stereocenters. The van der Waals surface area contributed by atoms with Gasteiger partial charge in [-0.2, -0.15) is 12.1 Å². The van der Waals surface area contributed by atoms with E-state index < -0.39 is 0 Å². The van der Waals surface area contributed by atoms with E-state index in [-0.39, 0.29) is 51.0 Å². The Morgan fingerprint density at radius 3 is 1.96 bits per heavy atom. The van der Waals surface area contributed by atoms with Crippen molar-refractivity contribution in [2.24, 2.45) is 0 Å². The minimum atomic E-state index is 0. The van der Waals surface area contributed by atoms with Gasteiger partial charge >= 0.3 is 26.2 Å². The summed E-state index contributed by atoms with van der Waals surface area (Å²) < 4.78 is 0. The second kappa shape index (κ2) is 11.4. The standard InChI is InChI=1S/C21H27N2.2ClH.Zr/c1-5-22(6-2)18-9-11-20-16(14-18)13-17-15-19(10-12-21(17)20)23(7-3)8-4;;;/h9-12,14H,5-8,13H2,1-4H3;2*1H;/q-1;;;+3/p-2. The zero-order valence-electron chi connectivity index (χ0n) is 16.1. The maximum atomic E-state index is 3.66. The molecule has 0 saturated heterocycles. The van der Waals surface area contributed by atoms with Crippen LogP contribution < -0.4 is 34.6 Å². The van der Waals surface area contributed by atoms with Crippen LogP contribution in [0.1, 0.15) is 38.8 Å². The second-order valence-corrected chi connectivity index (χ2v) is 6.10. The van der Waals surface area contributed by atoms with Crippen molar-refractivity contribution >= 4 is 11.4 Å². The molecule has 26 heavy (non-hydrogen) atoms. The minimum absolute atomic E-state index is 0. The summed E-state index contributed by atoms with van der Waals surface area (Å²) in [5.74, 6) is 0. The van der Waals surface area contributed by atoms with Gasteiger partial charge in [0.15, 0.2) is 0 Å². The Hall–Kier alpha value is -0.497. The van der Waals surface area contributed by atoms with Crippen molar-refractivity contribution in [3.05, 3.63) is 47.5 Å². The van der Waals surface area contributed by atoms with Gasteiger partial charge in [-0.25, -0.2) is 0 Å². The normalized spacial score (nSPS) is 10.6. The van der Waals surface area contributed by atoms with E-state index in [2.05, 4.69) is 73.9 Å². The number of halogens is 2. The largest absolute Gasteiger partial charge is 3.00 e. The molecule has 2 aromatic carbocycles. The van der Waals surface area contributed by atoms with E-state index in [9.17, 15) is 0 Å². The van der Waals surface area contributed by atoms with E-state index >= 15 is 0 Å². The van der Waals surface area contributed by atoms with Crippen molar-refractivity contribution in [1.82, 2.24) is 0 Å².